The minimum Gasteiger partial charge on any atom is -0.301 e. The summed E-state index contributed by atoms with van der Waals surface area (Å²) >= 11 is 1.45. The van der Waals surface area contributed by atoms with Crippen molar-refractivity contribution in [1.82, 2.24) is 4.98 Å². The molecule has 1 aliphatic carbocycles. The first kappa shape index (κ1) is 15.1. The highest BCUT2D eigenvalue weighted by molar-refractivity contribution is 7.13. The van der Waals surface area contributed by atoms with Crippen molar-refractivity contribution in [3.63, 3.8) is 0 Å². The van der Waals surface area contributed by atoms with Gasteiger partial charge in [0.05, 0.1) is 5.41 Å². The zero-order valence-corrected chi connectivity index (χ0v) is 14.2. The van der Waals surface area contributed by atoms with Crippen LogP contribution in [0.4, 0.5) is 5.13 Å². The maximum Gasteiger partial charge on any atom is 0.233 e. The summed E-state index contributed by atoms with van der Waals surface area (Å²) in [6.07, 6.45) is 2.45. The van der Waals surface area contributed by atoms with Crippen molar-refractivity contribution in [2.24, 2.45) is 5.41 Å². The molecule has 1 aromatic heterocycles. The van der Waals surface area contributed by atoms with Crippen LogP contribution in [-0.2, 0) is 11.2 Å². The number of nitrogens with one attached hydrogen (secondary N) is 1. The zero-order valence-electron chi connectivity index (χ0n) is 13.4. The molecular weight excluding hydrogens is 316 g/mol. The van der Waals surface area contributed by atoms with Crippen LogP contribution in [0.2, 0.25) is 0 Å². The van der Waals surface area contributed by atoms with Gasteiger partial charge in [-0.1, -0.05) is 54.6 Å². The van der Waals surface area contributed by atoms with Gasteiger partial charge in [-0.2, -0.15) is 0 Å². The average Bonchev–Trinajstić information content (AvgIpc) is 3.21. The molecular formula is C20H18N2OS. The molecule has 3 aromatic rings. The van der Waals surface area contributed by atoms with Crippen LogP contribution >= 0.6 is 11.3 Å². The van der Waals surface area contributed by atoms with E-state index in [1.807, 2.05) is 29.6 Å². The van der Waals surface area contributed by atoms with Crippen LogP contribution in [0.15, 0.2) is 66.2 Å². The molecule has 1 amide bonds. The highest BCUT2D eigenvalue weighted by Crippen LogP contribution is 2.51. The Morgan fingerprint density at radius 3 is 2.67 bits per heavy atom. The molecule has 2 atom stereocenters. The lowest BCUT2D eigenvalue weighted by Crippen LogP contribution is -2.37. The lowest BCUT2D eigenvalue weighted by Gasteiger charge is -2.30. The molecule has 0 radical (unpaired) electrons. The Kier molecular flexibility index (Phi) is 3.69. The Labute approximate surface area is 145 Å². The lowest BCUT2D eigenvalue weighted by molar-refractivity contribution is -0.125. The van der Waals surface area contributed by atoms with Crippen LogP contribution in [0, 0.1) is 5.41 Å². The quantitative estimate of drug-likeness (QED) is 0.767. The van der Waals surface area contributed by atoms with E-state index >= 15 is 0 Å². The first-order valence-electron chi connectivity index (χ1n) is 8.02. The van der Waals surface area contributed by atoms with Gasteiger partial charge in [-0.05, 0) is 30.0 Å². The van der Waals surface area contributed by atoms with Crippen LogP contribution in [-0.4, -0.2) is 10.9 Å². The van der Waals surface area contributed by atoms with Gasteiger partial charge in [0, 0.05) is 17.5 Å². The number of fused-ring (bicyclic) bond motifs is 1. The third kappa shape index (κ3) is 2.43. The summed E-state index contributed by atoms with van der Waals surface area (Å²) < 4.78 is 0. The van der Waals surface area contributed by atoms with Crippen molar-refractivity contribution in [1.29, 1.82) is 0 Å². The summed E-state index contributed by atoms with van der Waals surface area (Å²) in [6.45, 7) is 2.06. The molecule has 0 fully saturated rings. The number of rotatable bonds is 3. The molecule has 1 heterocycles. The molecule has 0 saturated carbocycles. The van der Waals surface area contributed by atoms with Gasteiger partial charge in [0.1, 0.15) is 0 Å². The molecule has 2 aromatic carbocycles. The van der Waals surface area contributed by atoms with Crippen molar-refractivity contribution in [3.8, 4) is 0 Å². The molecule has 0 aliphatic heterocycles. The smallest absolute Gasteiger partial charge is 0.233 e. The van der Waals surface area contributed by atoms with Gasteiger partial charge >= 0.3 is 0 Å². The van der Waals surface area contributed by atoms with Gasteiger partial charge < -0.3 is 5.32 Å². The van der Waals surface area contributed by atoms with Gasteiger partial charge in [0.15, 0.2) is 5.13 Å². The van der Waals surface area contributed by atoms with Crippen molar-refractivity contribution in [2.75, 3.05) is 5.32 Å². The van der Waals surface area contributed by atoms with E-state index in [1.165, 1.54) is 28.0 Å². The minimum absolute atomic E-state index is 0.0301. The maximum absolute atomic E-state index is 13.1. The number of nitrogens with zero attached hydrogens (tertiary/aromatic N) is 1. The fourth-order valence-electron chi connectivity index (χ4n) is 3.75. The third-order valence-electron chi connectivity index (χ3n) is 4.87. The van der Waals surface area contributed by atoms with E-state index in [1.54, 1.807) is 6.20 Å². The van der Waals surface area contributed by atoms with E-state index in [4.69, 9.17) is 0 Å². The monoisotopic (exact) mass is 334 g/mol. The predicted octanol–water partition coefficient (Wildman–Crippen LogP) is 4.48. The highest BCUT2D eigenvalue weighted by Gasteiger charge is 2.48. The first-order valence-corrected chi connectivity index (χ1v) is 8.90. The fourth-order valence-corrected chi connectivity index (χ4v) is 4.27. The molecule has 1 N–H and O–H groups in total. The van der Waals surface area contributed by atoms with E-state index < -0.39 is 5.41 Å². The largest absolute Gasteiger partial charge is 0.301 e. The molecule has 3 nitrogen and oxygen atoms in total. The molecule has 4 heteroatoms. The SMILES string of the molecule is C[C@@]1(C(=O)Nc2nccs2)Cc2ccccc2[C@H]1c1ccccc1. The molecule has 0 saturated heterocycles. The second-order valence-electron chi connectivity index (χ2n) is 6.43. The average molecular weight is 334 g/mol. The Morgan fingerprint density at radius 1 is 1.17 bits per heavy atom. The lowest BCUT2D eigenvalue weighted by atomic mass is 9.73. The van der Waals surface area contributed by atoms with Gasteiger partial charge in [0.2, 0.25) is 5.91 Å². The van der Waals surface area contributed by atoms with E-state index in [0.717, 1.165) is 6.42 Å². The van der Waals surface area contributed by atoms with Crippen LogP contribution in [0.3, 0.4) is 0 Å². The van der Waals surface area contributed by atoms with Crippen LogP contribution in [0.25, 0.3) is 0 Å². The summed E-state index contributed by atoms with van der Waals surface area (Å²) in [6, 6.07) is 18.7. The van der Waals surface area contributed by atoms with Gasteiger partial charge in [-0.25, -0.2) is 4.98 Å². The van der Waals surface area contributed by atoms with E-state index in [0.29, 0.717) is 5.13 Å². The van der Waals surface area contributed by atoms with Crippen molar-refractivity contribution >= 4 is 22.4 Å². The second-order valence-corrected chi connectivity index (χ2v) is 7.32. The van der Waals surface area contributed by atoms with E-state index in [9.17, 15) is 4.79 Å². The minimum atomic E-state index is -0.531. The first-order chi connectivity index (χ1) is 11.7. The van der Waals surface area contributed by atoms with Crippen molar-refractivity contribution in [3.05, 3.63) is 82.9 Å². The Balaban J connectivity index is 1.77. The van der Waals surface area contributed by atoms with E-state index in [2.05, 4.69) is 47.6 Å². The molecule has 120 valence electrons. The van der Waals surface area contributed by atoms with Crippen molar-refractivity contribution in [2.45, 2.75) is 19.3 Å². The van der Waals surface area contributed by atoms with Gasteiger partial charge in [-0.3, -0.25) is 4.79 Å². The number of hydrogen-bond donors (Lipinski definition) is 1. The number of carbonyl (C=O) groups excluding carboxylic acids is 1. The fraction of sp³-hybridized carbons (Fsp3) is 0.200. The molecule has 0 spiro atoms. The van der Waals surface area contributed by atoms with E-state index in [-0.39, 0.29) is 11.8 Å². The van der Waals surface area contributed by atoms with Gasteiger partial charge in [-0.15, -0.1) is 11.3 Å². The van der Waals surface area contributed by atoms with Crippen molar-refractivity contribution < 1.29 is 4.79 Å². The summed E-state index contributed by atoms with van der Waals surface area (Å²) in [5, 5.41) is 5.53. The van der Waals surface area contributed by atoms with Crippen LogP contribution in [0.5, 0.6) is 0 Å². The summed E-state index contributed by atoms with van der Waals surface area (Å²) in [5.74, 6) is 0.0809. The number of hydrogen-bond acceptors (Lipinski definition) is 3. The standard InChI is InChI=1S/C20H18N2OS/c1-20(18(23)22-19-21-11-12-24-19)13-15-9-5-6-10-16(15)17(20)14-7-3-2-4-8-14/h2-12,17H,13H2,1H3,(H,21,22,23)/t17-,20-/m1/s1. The Hall–Kier alpha value is -2.46. The normalized spacial score (nSPS) is 22.1. The van der Waals surface area contributed by atoms with Crippen LogP contribution < -0.4 is 5.32 Å². The molecule has 0 unspecified atom stereocenters. The molecule has 1 aliphatic rings. The number of anilines is 1. The number of thiazole rings is 1. The number of benzene rings is 2. The topological polar surface area (TPSA) is 42.0 Å². The third-order valence-corrected chi connectivity index (χ3v) is 5.55. The highest BCUT2D eigenvalue weighted by atomic mass is 32.1. The number of amides is 1. The zero-order chi connectivity index (χ0) is 16.6. The second kappa shape index (κ2) is 5.87. The summed E-state index contributed by atoms with van der Waals surface area (Å²) in [4.78, 5) is 17.3. The molecule has 0 bridgehead atoms. The van der Waals surface area contributed by atoms with Gasteiger partial charge in [0.25, 0.3) is 0 Å². The number of aromatic nitrogens is 1. The number of carbonyl (C=O) groups is 1. The predicted molar refractivity (Wildman–Crippen MR) is 97.3 cm³/mol. The Bertz CT molecular complexity index is 860. The molecule has 4 rings (SSSR count). The maximum atomic E-state index is 13.1. The summed E-state index contributed by atoms with van der Waals surface area (Å²) in [5.41, 5.74) is 3.15. The molecule has 24 heavy (non-hydrogen) atoms. The Morgan fingerprint density at radius 2 is 1.92 bits per heavy atom. The van der Waals surface area contributed by atoms with Crippen LogP contribution in [0.1, 0.15) is 29.5 Å². The summed E-state index contributed by atoms with van der Waals surface area (Å²) in [7, 11) is 0.